The molecule has 0 saturated heterocycles. The SMILES string of the molecule is O=C(Nc1cc(Cl)cc(Cl)c1)Nc1cccc(C(=O)Nc2ccc(Br)cc2C(=O)O)c1. The minimum atomic E-state index is -1.18. The fraction of sp³-hybridized carbons (Fsp3) is 0. The van der Waals surface area contributed by atoms with Crippen LogP contribution in [-0.2, 0) is 0 Å². The molecule has 3 aromatic carbocycles. The number of anilines is 3. The summed E-state index contributed by atoms with van der Waals surface area (Å²) in [5, 5.41) is 17.8. The van der Waals surface area contributed by atoms with E-state index in [0.29, 0.717) is 25.9 Å². The number of halogens is 3. The summed E-state index contributed by atoms with van der Waals surface area (Å²) in [6, 6.07) is 14.7. The van der Waals surface area contributed by atoms with Gasteiger partial charge in [0, 0.05) is 31.5 Å². The maximum absolute atomic E-state index is 12.6. The molecule has 0 aliphatic carbocycles. The number of amides is 3. The fourth-order valence-electron chi connectivity index (χ4n) is 2.65. The van der Waals surface area contributed by atoms with Crippen molar-refractivity contribution >= 4 is 74.1 Å². The van der Waals surface area contributed by atoms with Gasteiger partial charge in [0.15, 0.2) is 0 Å². The van der Waals surface area contributed by atoms with Crippen molar-refractivity contribution < 1.29 is 19.5 Å². The van der Waals surface area contributed by atoms with Crippen molar-refractivity contribution in [2.45, 2.75) is 0 Å². The molecule has 0 radical (unpaired) electrons. The second-order valence-corrected chi connectivity index (χ2v) is 8.06. The minimum Gasteiger partial charge on any atom is -0.478 e. The van der Waals surface area contributed by atoms with Crippen LogP contribution in [0.15, 0.2) is 65.1 Å². The Morgan fingerprint density at radius 1 is 0.806 bits per heavy atom. The van der Waals surface area contributed by atoms with E-state index in [9.17, 15) is 19.5 Å². The van der Waals surface area contributed by atoms with Gasteiger partial charge in [-0.2, -0.15) is 0 Å². The average Bonchev–Trinajstić information content (AvgIpc) is 2.68. The van der Waals surface area contributed by atoms with Gasteiger partial charge in [0.05, 0.1) is 11.3 Å². The number of hydrogen-bond acceptors (Lipinski definition) is 3. The lowest BCUT2D eigenvalue weighted by molar-refractivity contribution is 0.0698. The van der Waals surface area contributed by atoms with Gasteiger partial charge in [-0.15, -0.1) is 0 Å². The van der Waals surface area contributed by atoms with E-state index >= 15 is 0 Å². The molecule has 7 nitrogen and oxygen atoms in total. The summed E-state index contributed by atoms with van der Waals surface area (Å²) in [5.74, 6) is -1.71. The Morgan fingerprint density at radius 2 is 1.48 bits per heavy atom. The van der Waals surface area contributed by atoms with Crippen molar-refractivity contribution in [3.63, 3.8) is 0 Å². The standard InChI is InChI=1S/C21H14BrCl2N3O4/c22-12-4-5-18(17(7-12)20(29)30)27-19(28)11-2-1-3-15(6-11)25-21(31)26-16-9-13(23)8-14(24)10-16/h1-10H,(H,27,28)(H,29,30)(H2,25,26,31). The number of rotatable bonds is 5. The highest BCUT2D eigenvalue weighted by Crippen LogP contribution is 2.24. The first-order chi connectivity index (χ1) is 14.7. The van der Waals surface area contributed by atoms with Gasteiger partial charge in [0.1, 0.15) is 0 Å². The molecule has 0 aliphatic heterocycles. The van der Waals surface area contributed by atoms with Gasteiger partial charge < -0.3 is 21.1 Å². The molecular formula is C21H14BrCl2N3O4. The third-order valence-electron chi connectivity index (χ3n) is 3.96. The van der Waals surface area contributed by atoms with Gasteiger partial charge in [-0.05, 0) is 54.6 Å². The highest BCUT2D eigenvalue weighted by molar-refractivity contribution is 9.10. The molecule has 31 heavy (non-hydrogen) atoms. The molecule has 0 aromatic heterocycles. The van der Waals surface area contributed by atoms with E-state index in [1.54, 1.807) is 18.2 Å². The zero-order chi connectivity index (χ0) is 22.5. The van der Waals surface area contributed by atoms with Crippen LogP contribution in [0.1, 0.15) is 20.7 Å². The van der Waals surface area contributed by atoms with Crippen LogP contribution in [0.4, 0.5) is 21.9 Å². The van der Waals surface area contributed by atoms with Crippen LogP contribution >= 0.6 is 39.1 Å². The maximum Gasteiger partial charge on any atom is 0.337 e. The zero-order valence-corrected chi connectivity index (χ0v) is 18.7. The van der Waals surface area contributed by atoms with E-state index in [2.05, 4.69) is 31.9 Å². The molecule has 0 atom stereocenters. The normalized spacial score (nSPS) is 10.3. The lowest BCUT2D eigenvalue weighted by Gasteiger charge is -2.11. The molecule has 10 heteroatoms. The third-order valence-corrected chi connectivity index (χ3v) is 4.89. The van der Waals surface area contributed by atoms with E-state index in [4.69, 9.17) is 23.2 Å². The summed E-state index contributed by atoms with van der Waals surface area (Å²) in [4.78, 5) is 36.3. The predicted molar refractivity (Wildman–Crippen MR) is 125 cm³/mol. The van der Waals surface area contributed by atoms with Crippen LogP contribution in [0, 0.1) is 0 Å². The van der Waals surface area contributed by atoms with Gasteiger partial charge in [0.25, 0.3) is 5.91 Å². The van der Waals surface area contributed by atoms with Gasteiger partial charge in [0.2, 0.25) is 0 Å². The second-order valence-electron chi connectivity index (χ2n) is 6.27. The lowest BCUT2D eigenvalue weighted by Crippen LogP contribution is -2.20. The first-order valence-electron chi connectivity index (χ1n) is 8.69. The first-order valence-corrected chi connectivity index (χ1v) is 10.2. The number of hydrogen-bond donors (Lipinski definition) is 4. The van der Waals surface area contributed by atoms with Crippen molar-refractivity contribution in [3.05, 3.63) is 86.3 Å². The quantitative estimate of drug-likeness (QED) is 0.313. The molecule has 0 heterocycles. The second kappa shape index (κ2) is 9.82. The fourth-order valence-corrected chi connectivity index (χ4v) is 3.54. The Labute approximate surface area is 195 Å². The smallest absolute Gasteiger partial charge is 0.337 e. The van der Waals surface area contributed by atoms with E-state index in [0.717, 1.165) is 0 Å². The molecule has 4 N–H and O–H groups in total. The van der Waals surface area contributed by atoms with Crippen LogP contribution in [0.2, 0.25) is 10.0 Å². The van der Waals surface area contributed by atoms with E-state index in [-0.39, 0.29) is 16.8 Å². The molecule has 0 unspecified atom stereocenters. The Balaban J connectivity index is 1.72. The van der Waals surface area contributed by atoms with Crippen LogP contribution in [-0.4, -0.2) is 23.0 Å². The van der Waals surface area contributed by atoms with Crippen LogP contribution < -0.4 is 16.0 Å². The molecule has 3 rings (SSSR count). The summed E-state index contributed by atoms with van der Waals surface area (Å²) in [7, 11) is 0. The Kier molecular flexibility index (Phi) is 7.17. The highest BCUT2D eigenvalue weighted by atomic mass is 79.9. The topological polar surface area (TPSA) is 108 Å². The molecule has 0 spiro atoms. The van der Waals surface area contributed by atoms with Crippen molar-refractivity contribution in [3.8, 4) is 0 Å². The number of benzene rings is 3. The number of urea groups is 1. The Morgan fingerprint density at radius 3 is 2.16 bits per heavy atom. The number of carboxylic acid groups (broad SMARTS) is 1. The van der Waals surface area contributed by atoms with Crippen molar-refractivity contribution in [1.29, 1.82) is 0 Å². The molecule has 0 fully saturated rings. The van der Waals surface area contributed by atoms with Gasteiger partial charge >= 0.3 is 12.0 Å². The zero-order valence-electron chi connectivity index (χ0n) is 15.6. The van der Waals surface area contributed by atoms with Crippen molar-refractivity contribution in [1.82, 2.24) is 0 Å². The van der Waals surface area contributed by atoms with Gasteiger partial charge in [-0.1, -0.05) is 45.2 Å². The summed E-state index contributed by atoms with van der Waals surface area (Å²) in [5.41, 5.74) is 1.07. The number of carbonyl (C=O) groups is 3. The summed E-state index contributed by atoms with van der Waals surface area (Å²) in [6.07, 6.45) is 0. The number of aromatic carboxylic acids is 1. The molecule has 0 saturated carbocycles. The van der Waals surface area contributed by atoms with E-state index in [1.165, 1.54) is 42.5 Å². The van der Waals surface area contributed by atoms with E-state index in [1.807, 2.05) is 0 Å². The monoisotopic (exact) mass is 521 g/mol. The van der Waals surface area contributed by atoms with E-state index < -0.39 is 17.9 Å². The summed E-state index contributed by atoms with van der Waals surface area (Å²) < 4.78 is 0.570. The molecule has 0 aliphatic rings. The number of nitrogens with one attached hydrogen (secondary N) is 3. The molecule has 158 valence electrons. The molecule has 0 bridgehead atoms. The van der Waals surface area contributed by atoms with Crippen LogP contribution in [0.3, 0.4) is 0 Å². The minimum absolute atomic E-state index is 0.0587. The van der Waals surface area contributed by atoms with Gasteiger partial charge in [-0.3, -0.25) is 4.79 Å². The summed E-state index contributed by atoms with van der Waals surface area (Å²) >= 11 is 15.0. The summed E-state index contributed by atoms with van der Waals surface area (Å²) in [6.45, 7) is 0. The molecule has 3 aromatic rings. The predicted octanol–water partition coefficient (Wildman–Crippen LogP) is 6.35. The highest BCUT2D eigenvalue weighted by Gasteiger charge is 2.15. The van der Waals surface area contributed by atoms with Crippen molar-refractivity contribution in [2.75, 3.05) is 16.0 Å². The van der Waals surface area contributed by atoms with Crippen LogP contribution in [0.25, 0.3) is 0 Å². The Hall–Kier alpha value is -3.07. The molecule has 3 amide bonds. The first kappa shape index (κ1) is 22.6. The maximum atomic E-state index is 12.6. The van der Waals surface area contributed by atoms with Crippen LogP contribution in [0.5, 0.6) is 0 Å². The number of carboxylic acids is 1. The van der Waals surface area contributed by atoms with Gasteiger partial charge in [-0.25, -0.2) is 9.59 Å². The largest absolute Gasteiger partial charge is 0.478 e. The van der Waals surface area contributed by atoms with Crippen molar-refractivity contribution in [2.24, 2.45) is 0 Å². The number of carbonyl (C=O) groups excluding carboxylic acids is 2. The molecular weight excluding hydrogens is 509 g/mol. The third kappa shape index (κ3) is 6.21. The lowest BCUT2D eigenvalue weighted by atomic mass is 10.1. The Bertz CT molecular complexity index is 1170. The average molecular weight is 523 g/mol.